The first kappa shape index (κ1) is 34.3. The van der Waals surface area contributed by atoms with Crippen LogP contribution in [0.3, 0.4) is 0 Å². The van der Waals surface area contributed by atoms with Gasteiger partial charge in [-0.3, -0.25) is 9.59 Å². The number of hydrogen-bond acceptors (Lipinski definition) is 5. The third-order valence-electron chi connectivity index (χ3n) is 9.42. The molecule has 53 heavy (non-hydrogen) atoms. The smallest absolute Gasteiger partial charge is 0.383 e. The summed E-state index contributed by atoms with van der Waals surface area (Å²) in [7, 11) is 1.42. The lowest BCUT2D eigenvalue weighted by Gasteiger charge is -2.42. The normalized spacial score (nSPS) is 16.5. The highest BCUT2D eigenvalue weighted by Crippen LogP contribution is 2.34. The van der Waals surface area contributed by atoms with Crippen molar-refractivity contribution < 1.29 is 35.6 Å². The van der Waals surface area contributed by atoms with Crippen molar-refractivity contribution >= 4 is 28.6 Å². The summed E-state index contributed by atoms with van der Waals surface area (Å²) >= 11 is 1.07. The summed E-state index contributed by atoms with van der Waals surface area (Å²) in [5.41, 5.74) is 1.000. The highest BCUT2D eigenvalue weighted by atomic mass is 32.2. The molecule has 6 rings (SSSR count). The minimum Gasteiger partial charge on any atom is -0.383 e. The molecule has 5 aromatic rings. The van der Waals surface area contributed by atoms with Gasteiger partial charge in [-0.1, -0.05) is 60.7 Å². The van der Waals surface area contributed by atoms with E-state index in [2.05, 4.69) is 0 Å². The number of para-hydroxylation sites is 1. The van der Waals surface area contributed by atoms with E-state index in [1.807, 2.05) is 0 Å². The molecule has 12 heteroatoms. The lowest BCUT2D eigenvalue weighted by molar-refractivity contribution is -0.138. The molecule has 6 nitrogen and oxygen atoms in total. The molecule has 1 unspecified atom stereocenters. The molecule has 4 aromatic carbocycles. The van der Waals surface area contributed by atoms with Crippen molar-refractivity contribution in [3.8, 4) is 11.1 Å². The third-order valence-corrected chi connectivity index (χ3v) is 10.5. The Labute approximate surface area is 313 Å². The van der Waals surface area contributed by atoms with Crippen molar-refractivity contribution in [1.29, 1.82) is 0 Å². The molecule has 0 spiro atoms. The third kappa shape index (κ3) is 8.83. The standard InChI is InChI=1S/C41H40F5N3O3S/c1-27(28-10-12-29(13-11-28)30-14-16-32(17-15-30)41(44,45)46)49(33-18-20-47(21-19-33)22-23-52-2)38(51)25-48-36-9-4-3-7-34(36)37(50)24-39(48)53-26-31-6-5-8-35(42)40(31)43/h3-17,24,27,33H,18-23,25-26H2,1-2H3/i22D2,27D. The van der Waals surface area contributed by atoms with Crippen LogP contribution < -0.4 is 5.43 Å². The molecular weight excluding hydrogens is 710 g/mol. The van der Waals surface area contributed by atoms with E-state index in [1.54, 1.807) is 64.9 Å². The summed E-state index contributed by atoms with van der Waals surface area (Å²) in [4.78, 5) is 31.2. The Morgan fingerprint density at radius 3 is 2.30 bits per heavy atom. The quantitative estimate of drug-likeness (QED) is 0.0942. The van der Waals surface area contributed by atoms with Crippen molar-refractivity contribution in [3.05, 3.63) is 136 Å². The van der Waals surface area contributed by atoms with Crippen molar-refractivity contribution in [2.75, 3.05) is 33.3 Å². The van der Waals surface area contributed by atoms with E-state index in [1.165, 1.54) is 42.3 Å². The highest BCUT2D eigenvalue weighted by Gasteiger charge is 2.33. The predicted molar refractivity (Wildman–Crippen MR) is 198 cm³/mol. The van der Waals surface area contributed by atoms with Gasteiger partial charge in [0.2, 0.25) is 5.91 Å². The van der Waals surface area contributed by atoms with E-state index in [9.17, 15) is 32.9 Å². The second kappa shape index (κ2) is 16.7. The Hall–Kier alpha value is -4.52. The van der Waals surface area contributed by atoms with Crippen LogP contribution in [0.25, 0.3) is 22.0 Å². The van der Waals surface area contributed by atoms with Gasteiger partial charge in [-0.25, -0.2) is 8.78 Å². The molecular formula is C41H40F5N3O3S. The van der Waals surface area contributed by atoms with Crippen LogP contribution in [-0.2, 0) is 28.0 Å². The van der Waals surface area contributed by atoms with Gasteiger partial charge in [-0.05, 0) is 66.8 Å². The Balaban J connectivity index is 1.36. The summed E-state index contributed by atoms with van der Waals surface area (Å²) in [5, 5.41) is 0.676. The average molecular weight is 753 g/mol. The van der Waals surface area contributed by atoms with Crippen molar-refractivity contribution in [3.63, 3.8) is 0 Å². The van der Waals surface area contributed by atoms with Gasteiger partial charge < -0.3 is 19.1 Å². The number of likely N-dealkylation sites (tertiary alicyclic amines) is 1. The average Bonchev–Trinajstić information content (AvgIpc) is 3.16. The van der Waals surface area contributed by atoms with E-state index >= 15 is 0 Å². The van der Waals surface area contributed by atoms with Crippen LogP contribution >= 0.6 is 11.8 Å². The number of halogens is 5. The minimum absolute atomic E-state index is 0.0390. The van der Waals surface area contributed by atoms with E-state index in [4.69, 9.17) is 7.48 Å². The van der Waals surface area contributed by atoms with Crippen LogP contribution in [-0.4, -0.2) is 59.6 Å². The molecule has 1 aliphatic rings. The molecule has 0 aliphatic carbocycles. The van der Waals surface area contributed by atoms with Gasteiger partial charge in [0.1, 0.15) is 6.54 Å². The first-order valence-corrected chi connectivity index (χ1v) is 18.0. The fourth-order valence-electron chi connectivity index (χ4n) is 6.61. The molecule has 1 amide bonds. The van der Waals surface area contributed by atoms with Gasteiger partial charge >= 0.3 is 6.18 Å². The number of aromatic nitrogens is 1. The van der Waals surface area contributed by atoms with E-state index < -0.39 is 47.8 Å². The number of rotatable bonds is 12. The number of alkyl halides is 3. The number of carbonyl (C=O) groups is 1. The second-order valence-corrected chi connectivity index (χ2v) is 13.8. The van der Waals surface area contributed by atoms with E-state index in [-0.39, 0.29) is 43.0 Å². The van der Waals surface area contributed by atoms with Crippen LogP contribution in [0.4, 0.5) is 22.0 Å². The molecule has 0 radical (unpaired) electrons. The maximum Gasteiger partial charge on any atom is 0.416 e. The molecule has 0 N–H and O–H groups in total. The molecule has 0 saturated carbocycles. The van der Waals surface area contributed by atoms with Gasteiger partial charge in [-0.2, -0.15) is 13.2 Å². The van der Waals surface area contributed by atoms with Crippen LogP contribution in [0.2, 0.25) is 0 Å². The van der Waals surface area contributed by atoms with Crippen LogP contribution in [0, 0.1) is 11.6 Å². The first-order chi connectivity index (χ1) is 26.5. The predicted octanol–water partition coefficient (Wildman–Crippen LogP) is 8.96. The van der Waals surface area contributed by atoms with E-state index in [0.717, 1.165) is 30.0 Å². The number of methoxy groups -OCH3 is 1. The number of ether oxygens (including phenoxy) is 1. The zero-order valence-electron chi connectivity index (χ0n) is 32.1. The minimum atomic E-state index is -4.48. The molecule has 1 aromatic heterocycles. The van der Waals surface area contributed by atoms with Gasteiger partial charge in [-0.15, -0.1) is 11.8 Å². The zero-order chi connectivity index (χ0) is 40.4. The monoisotopic (exact) mass is 752 g/mol. The molecule has 1 fully saturated rings. The number of piperidine rings is 1. The van der Waals surface area contributed by atoms with Gasteiger partial charge in [0.15, 0.2) is 17.1 Å². The summed E-state index contributed by atoms with van der Waals surface area (Å²) in [6, 6.07) is 21.2. The molecule has 0 bridgehead atoms. The number of thioether (sulfide) groups is 1. The Morgan fingerprint density at radius 2 is 1.64 bits per heavy atom. The number of benzene rings is 4. The van der Waals surface area contributed by atoms with Crippen LogP contribution in [0.1, 0.15) is 46.6 Å². The lowest BCUT2D eigenvalue weighted by atomic mass is 9.96. The Kier molecular flexibility index (Phi) is 10.8. The molecule has 1 atom stereocenters. The van der Waals surface area contributed by atoms with Crippen LogP contribution in [0.15, 0.2) is 107 Å². The maximum absolute atomic E-state index is 14.9. The van der Waals surface area contributed by atoms with Gasteiger partial charge in [0.25, 0.3) is 0 Å². The molecule has 1 aliphatic heterocycles. The second-order valence-electron chi connectivity index (χ2n) is 12.8. The summed E-state index contributed by atoms with van der Waals surface area (Å²) in [6.07, 6.45) is -3.81. The van der Waals surface area contributed by atoms with Gasteiger partial charge in [0.05, 0.1) is 30.1 Å². The SMILES string of the molecule is [2H]C([2H])(COC)N1CCC(N(C(=O)Cn2c(SCc3cccc(F)c3F)cc(=O)c3ccccc32)C([2H])(C)c2ccc(-c3ccc(C(F)(F)F)cc3)cc2)CC1. The van der Waals surface area contributed by atoms with Crippen molar-refractivity contribution in [1.82, 2.24) is 14.4 Å². The summed E-state index contributed by atoms with van der Waals surface area (Å²) in [5.74, 6) is -2.52. The highest BCUT2D eigenvalue weighted by molar-refractivity contribution is 7.98. The topological polar surface area (TPSA) is 54.8 Å². The van der Waals surface area contributed by atoms with Crippen LogP contribution in [0.5, 0.6) is 0 Å². The number of amides is 1. The largest absolute Gasteiger partial charge is 0.416 e. The Morgan fingerprint density at radius 1 is 0.981 bits per heavy atom. The number of nitrogens with zero attached hydrogens (tertiary/aromatic N) is 3. The first-order valence-electron chi connectivity index (χ1n) is 18.5. The number of fused-ring (bicyclic) bond motifs is 1. The fourth-order valence-corrected chi connectivity index (χ4v) is 7.64. The molecule has 278 valence electrons. The number of hydrogen-bond donors (Lipinski definition) is 0. The summed E-state index contributed by atoms with van der Waals surface area (Å²) < 4.78 is 102. The van der Waals surface area contributed by atoms with Gasteiger partial charge in [0, 0.05) is 58.2 Å². The Bertz CT molecular complexity index is 2240. The van der Waals surface area contributed by atoms with E-state index in [0.29, 0.717) is 45.5 Å². The maximum atomic E-state index is 14.9. The number of pyridine rings is 1. The molecule has 1 saturated heterocycles. The lowest BCUT2D eigenvalue weighted by Crippen LogP contribution is -2.49. The summed E-state index contributed by atoms with van der Waals surface area (Å²) in [6.45, 7) is -0.0989. The number of carbonyl (C=O) groups excluding carboxylic acids is 1. The van der Waals surface area contributed by atoms with Crippen molar-refractivity contribution in [2.24, 2.45) is 0 Å². The van der Waals surface area contributed by atoms with Crippen molar-refractivity contribution in [2.45, 2.75) is 55.3 Å². The zero-order valence-corrected chi connectivity index (χ0v) is 29.9. The molecule has 2 heterocycles. The fraction of sp³-hybridized carbons (Fsp3) is 0.317.